The molecule has 0 atom stereocenters. The molecule has 1 amide bonds. The van der Waals surface area contributed by atoms with E-state index >= 15 is 0 Å². The summed E-state index contributed by atoms with van der Waals surface area (Å²) in [5.74, 6) is 0.513. The van der Waals surface area contributed by atoms with Gasteiger partial charge in [0.1, 0.15) is 29.5 Å². The number of aryl methyl sites for hydroxylation is 1. The minimum absolute atomic E-state index is 0.212. The molecule has 2 aromatic heterocycles. The molecular formula is C21H19FN4O3. The normalized spacial score (nSPS) is 11.1. The van der Waals surface area contributed by atoms with Gasteiger partial charge >= 0.3 is 0 Å². The first-order valence-electron chi connectivity index (χ1n) is 9.04. The number of nitrogens with zero attached hydrogens (tertiary/aromatic N) is 3. The summed E-state index contributed by atoms with van der Waals surface area (Å²) in [6.45, 7) is 1.83. The van der Waals surface area contributed by atoms with E-state index in [1.807, 2.05) is 24.3 Å². The lowest BCUT2D eigenvalue weighted by Crippen LogP contribution is -2.34. The second kappa shape index (κ2) is 7.38. The monoisotopic (exact) mass is 394 g/mol. The molecule has 0 aliphatic rings. The van der Waals surface area contributed by atoms with Crippen molar-refractivity contribution < 1.29 is 13.9 Å². The van der Waals surface area contributed by atoms with E-state index in [0.717, 1.165) is 10.2 Å². The second-order valence-corrected chi connectivity index (χ2v) is 6.71. The minimum Gasteiger partial charge on any atom is -0.497 e. The summed E-state index contributed by atoms with van der Waals surface area (Å²) in [5.41, 5.74) is 1.50. The van der Waals surface area contributed by atoms with E-state index in [2.05, 4.69) is 10.4 Å². The van der Waals surface area contributed by atoms with Crippen molar-refractivity contribution in [1.82, 2.24) is 19.5 Å². The van der Waals surface area contributed by atoms with Gasteiger partial charge in [0.2, 0.25) is 5.91 Å². The van der Waals surface area contributed by atoms with Gasteiger partial charge in [-0.25, -0.2) is 9.07 Å². The number of methoxy groups -OCH3 is 1. The van der Waals surface area contributed by atoms with Crippen LogP contribution in [0.2, 0.25) is 0 Å². The number of carbonyl (C=O) groups excluding carboxylic acids is 1. The smallest absolute Gasteiger partial charge is 0.291 e. The van der Waals surface area contributed by atoms with E-state index < -0.39 is 5.56 Å². The molecule has 0 aliphatic carbocycles. The number of halogens is 1. The summed E-state index contributed by atoms with van der Waals surface area (Å²) < 4.78 is 21.5. The van der Waals surface area contributed by atoms with Crippen LogP contribution in [-0.4, -0.2) is 27.2 Å². The first-order valence-corrected chi connectivity index (χ1v) is 9.04. The Hall–Kier alpha value is -3.68. The van der Waals surface area contributed by atoms with Gasteiger partial charge in [-0.1, -0.05) is 12.1 Å². The van der Waals surface area contributed by atoms with Crippen LogP contribution in [0.1, 0.15) is 11.4 Å². The van der Waals surface area contributed by atoms with Crippen LogP contribution < -0.4 is 15.6 Å². The van der Waals surface area contributed by atoms with Gasteiger partial charge in [0.05, 0.1) is 12.6 Å². The molecule has 4 aromatic rings. The van der Waals surface area contributed by atoms with Crippen LogP contribution in [0, 0.1) is 12.7 Å². The summed E-state index contributed by atoms with van der Waals surface area (Å²) in [5, 5.41) is 7.64. The van der Waals surface area contributed by atoms with E-state index in [1.54, 1.807) is 30.6 Å². The molecule has 0 fully saturated rings. The molecule has 29 heavy (non-hydrogen) atoms. The fourth-order valence-corrected chi connectivity index (χ4v) is 3.37. The molecule has 0 radical (unpaired) electrons. The SMILES string of the molecule is COc1cccc(CNC(=O)Cn2nc(C)n3c(cc4cc(F)ccc43)c2=O)c1. The maximum absolute atomic E-state index is 13.5. The van der Waals surface area contributed by atoms with E-state index in [4.69, 9.17) is 4.74 Å². The highest BCUT2D eigenvalue weighted by molar-refractivity contribution is 5.87. The third kappa shape index (κ3) is 3.56. The molecule has 0 bridgehead atoms. The van der Waals surface area contributed by atoms with Gasteiger partial charge < -0.3 is 10.1 Å². The summed E-state index contributed by atoms with van der Waals surface area (Å²) in [6.07, 6.45) is 0. The molecular weight excluding hydrogens is 375 g/mol. The van der Waals surface area contributed by atoms with Crippen LogP contribution in [0.4, 0.5) is 4.39 Å². The lowest BCUT2D eigenvalue weighted by atomic mass is 10.2. The number of rotatable bonds is 5. The molecule has 0 saturated heterocycles. The largest absolute Gasteiger partial charge is 0.497 e. The number of aromatic nitrogens is 3. The quantitative estimate of drug-likeness (QED) is 0.564. The Bertz CT molecular complexity index is 1290. The minimum atomic E-state index is -0.413. The summed E-state index contributed by atoms with van der Waals surface area (Å²) >= 11 is 0. The summed E-state index contributed by atoms with van der Waals surface area (Å²) in [7, 11) is 1.58. The average molecular weight is 394 g/mol. The number of hydrogen-bond donors (Lipinski definition) is 1. The summed E-state index contributed by atoms with van der Waals surface area (Å²) in [4.78, 5) is 25.2. The lowest BCUT2D eigenvalue weighted by Gasteiger charge is -2.10. The first-order chi connectivity index (χ1) is 14.0. The number of hydrogen-bond acceptors (Lipinski definition) is 4. The zero-order valence-electron chi connectivity index (χ0n) is 16.0. The number of carbonyl (C=O) groups is 1. The molecule has 2 heterocycles. The van der Waals surface area contributed by atoms with Crippen LogP contribution >= 0.6 is 0 Å². The Labute approximate surface area is 165 Å². The molecule has 7 nitrogen and oxygen atoms in total. The van der Waals surface area contributed by atoms with Gasteiger partial charge in [0, 0.05) is 11.9 Å². The van der Waals surface area contributed by atoms with Crippen molar-refractivity contribution >= 4 is 22.3 Å². The molecule has 148 valence electrons. The highest BCUT2D eigenvalue weighted by Crippen LogP contribution is 2.20. The zero-order chi connectivity index (χ0) is 20.5. The topological polar surface area (TPSA) is 77.6 Å². The molecule has 1 N–H and O–H groups in total. The van der Waals surface area contributed by atoms with Crippen LogP contribution in [-0.2, 0) is 17.9 Å². The molecule has 4 rings (SSSR count). The van der Waals surface area contributed by atoms with Gasteiger partial charge in [-0.15, -0.1) is 0 Å². The highest BCUT2D eigenvalue weighted by atomic mass is 19.1. The Morgan fingerprint density at radius 3 is 2.79 bits per heavy atom. The molecule has 0 unspecified atom stereocenters. The fraction of sp³-hybridized carbons (Fsp3) is 0.190. The van der Waals surface area contributed by atoms with Gasteiger partial charge in [0.25, 0.3) is 5.56 Å². The molecule has 8 heteroatoms. The highest BCUT2D eigenvalue weighted by Gasteiger charge is 2.14. The van der Waals surface area contributed by atoms with Gasteiger partial charge in [-0.2, -0.15) is 5.10 Å². The fourth-order valence-electron chi connectivity index (χ4n) is 3.37. The molecule has 0 saturated carbocycles. The molecule has 0 spiro atoms. The van der Waals surface area contributed by atoms with Crippen LogP contribution in [0.15, 0.2) is 53.3 Å². The number of benzene rings is 2. The Morgan fingerprint density at radius 1 is 1.17 bits per heavy atom. The predicted molar refractivity (Wildman–Crippen MR) is 106 cm³/mol. The lowest BCUT2D eigenvalue weighted by molar-refractivity contribution is -0.122. The Balaban J connectivity index is 1.59. The molecule has 0 aliphatic heterocycles. The third-order valence-electron chi connectivity index (χ3n) is 4.72. The number of fused-ring (bicyclic) bond motifs is 3. The summed E-state index contributed by atoms with van der Waals surface area (Å²) in [6, 6.07) is 13.3. The standard InChI is InChI=1S/C21H19FN4O3/c1-13-24-25(12-20(27)23-11-14-4-3-5-17(8-14)29-2)21(28)19-10-15-9-16(22)6-7-18(15)26(13)19/h3-10H,11-12H2,1-2H3,(H,23,27). The maximum atomic E-state index is 13.5. The van der Waals surface area contributed by atoms with Gasteiger partial charge in [0.15, 0.2) is 0 Å². The molecule has 2 aromatic carbocycles. The van der Waals surface area contributed by atoms with Gasteiger partial charge in [-0.05, 0) is 48.9 Å². The Kier molecular flexibility index (Phi) is 4.75. The average Bonchev–Trinajstić information content (AvgIpc) is 3.09. The van der Waals surface area contributed by atoms with Crippen molar-refractivity contribution in [2.75, 3.05) is 7.11 Å². The first kappa shape index (κ1) is 18.7. The Morgan fingerprint density at radius 2 is 2.00 bits per heavy atom. The van der Waals surface area contributed by atoms with Crippen molar-refractivity contribution in [3.05, 3.63) is 76.1 Å². The van der Waals surface area contributed by atoms with E-state index in [-0.39, 0.29) is 18.3 Å². The van der Waals surface area contributed by atoms with Crippen LogP contribution in [0.5, 0.6) is 5.75 Å². The van der Waals surface area contributed by atoms with Crippen molar-refractivity contribution in [3.63, 3.8) is 0 Å². The second-order valence-electron chi connectivity index (χ2n) is 6.71. The van der Waals surface area contributed by atoms with Gasteiger partial charge in [-0.3, -0.25) is 14.0 Å². The van der Waals surface area contributed by atoms with Crippen LogP contribution in [0.25, 0.3) is 16.4 Å². The van der Waals surface area contributed by atoms with E-state index in [0.29, 0.717) is 34.5 Å². The number of ether oxygens (including phenoxy) is 1. The van der Waals surface area contributed by atoms with E-state index in [1.165, 1.54) is 12.1 Å². The van der Waals surface area contributed by atoms with Crippen molar-refractivity contribution in [3.8, 4) is 5.75 Å². The predicted octanol–water partition coefficient (Wildman–Crippen LogP) is 2.42. The number of amides is 1. The maximum Gasteiger partial charge on any atom is 0.291 e. The van der Waals surface area contributed by atoms with Crippen molar-refractivity contribution in [2.45, 2.75) is 20.0 Å². The third-order valence-corrected chi connectivity index (χ3v) is 4.72. The van der Waals surface area contributed by atoms with Crippen LogP contribution in [0.3, 0.4) is 0 Å². The number of nitrogens with one attached hydrogen (secondary N) is 1. The van der Waals surface area contributed by atoms with Crippen molar-refractivity contribution in [2.24, 2.45) is 0 Å². The van der Waals surface area contributed by atoms with Crippen molar-refractivity contribution in [1.29, 1.82) is 0 Å². The van der Waals surface area contributed by atoms with E-state index in [9.17, 15) is 14.0 Å². The zero-order valence-corrected chi connectivity index (χ0v) is 16.0.